The smallest absolute Gasteiger partial charge is 0.242 e. The molecule has 1 heterocycles. The fourth-order valence-corrected chi connectivity index (χ4v) is 2.70. The van der Waals surface area contributed by atoms with Gasteiger partial charge in [-0.2, -0.15) is 4.98 Å². The molecule has 116 valence electrons. The Hall–Kier alpha value is -2.31. The summed E-state index contributed by atoms with van der Waals surface area (Å²) < 4.78 is 6.08. The van der Waals surface area contributed by atoms with Gasteiger partial charge in [0.25, 0.3) is 0 Å². The SMILES string of the molecule is COc1nc(-c2ccccc2)nnc1C(O)c1ccccc1Br. The minimum absolute atomic E-state index is 0.252. The van der Waals surface area contributed by atoms with Crippen LogP contribution >= 0.6 is 15.9 Å². The molecule has 5 nitrogen and oxygen atoms in total. The Morgan fingerprint density at radius 3 is 2.39 bits per heavy atom. The largest absolute Gasteiger partial charge is 0.480 e. The first-order chi connectivity index (χ1) is 11.2. The molecule has 0 bridgehead atoms. The highest BCUT2D eigenvalue weighted by Crippen LogP contribution is 2.31. The van der Waals surface area contributed by atoms with Crippen LogP contribution in [0.5, 0.6) is 5.88 Å². The fourth-order valence-electron chi connectivity index (χ4n) is 2.20. The van der Waals surface area contributed by atoms with Gasteiger partial charge in [0.05, 0.1) is 7.11 Å². The normalized spacial score (nSPS) is 12.0. The van der Waals surface area contributed by atoms with E-state index >= 15 is 0 Å². The van der Waals surface area contributed by atoms with E-state index in [9.17, 15) is 5.11 Å². The zero-order valence-corrected chi connectivity index (χ0v) is 13.9. The van der Waals surface area contributed by atoms with Crippen LogP contribution in [-0.2, 0) is 0 Å². The second kappa shape index (κ2) is 6.85. The molecule has 1 aromatic heterocycles. The number of hydrogen-bond acceptors (Lipinski definition) is 5. The number of aromatic nitrogens is 3. The van der Waals surface area contributed by atoms with Crippen molar-refractivity contribution < 1.29 is 9.84 Å². The lowest BCUT2D eigenvalue weighted by molar-refractivity contribution is 0.205. The second-order valence-corrected chi connectivity index (χ2v) is 5.67. The van der Waals surface area contributed by atoms with Gasteiger partial charge in [-0.05, 0) is 6.07 Å². The molecule has 0 spiro atoms. The van der Waals surface area contributed by atoms with E-state index in [4.69, 9.17) is 4.74 Å². The summed E-state index contributed by atoms with van der Waals surface area (Å²) in [4.78, 5) is 4.37. The standard InChI is InChI=1S/C17H14BrN3O2/c1-23-17-14(15(22)12-9-5-6-10-13(12)18)20-21-16(19-17)11-7-3-2-4-8-11/h2-10,15,22H,1H3. The molecule has 1 unspecified atom stereocenters. The zero-order valence-electron chi connectivity index (χ0n) is 12.3. The summed E-state index contributed by atoms with van der Waals surface area (Å²) in [5, 5.41) is 18.8. The molecule has 0 fully saturated rings. The highest BCUT2D eigenvalue weighted by molar-refractivity contribution is 9.10. The number of hydrogen-bond donors (Lipinski definition) is 1. The summed E-state index contributed by atoms with van der Waals surface area (Å²) >= 11 is 3.42. The van der Waals surface area contributed by atoms with E-state index in [1.165, 1.54) is 7.11 Å². The predicted molar refractivity (Wildman–Crippen MR) is 90.0 cm³/mol. The molecule has 3 rings (SSSR count). The van der Waals surface area contributed by atoms with Crippen LogP contribution in [0.2, 0.25) is 0 Å². The van der Waals surface area contributed by atoms with Crippen molar-refractivity contribution in [3.05, 3.63) is 70.3 Å². The Bertz CT molecular complexity index is 812. The van der Waals surface area contributed by atoms with E-state index in [1.807, 2.05) is 48.5 Å². The third kappa shape index (κ3) is 3.23. The molecule has 1 N–H and O–H groups in total. The van der Waals surface area contributed by atoms with Crippen molar-refractivity contribution in [2.24, 2.45) is 0 Å². The number of rotatable bonds is 4. The monoisotopic (exact) mass is 371 g/mol. The van der Waals surface area contributed by atoms with Crippen LogP contribution < -0.4 is 4.74 Å². The van der Waals surface area contributed by atoms with Crippen LogP contribution in [0.3, 0.4) is 0 Å². The maximum Gasteiger partial charge on any atom is 0.242 e. The molecule has 23 heavy (non-hydrogen) atoms. The van der Waals surface area contributed by atoms with Gasteiger partial charge in [-0.1, -0.05) is 64.5 Å². The number of benzene rings is 2. The summed E-state index contributed by atoms with van der Waals surface area (Å²) in [6.07, 6.45) is -0.981. The van der Waals surface area contributed by atoms with Crippen LogP contribution in [0.15, 0.2) is 59.1 Å². The molecule has 2 aromatic carbocycles. The highest BCUT2D eigenvalue weighted by Gasteiger charge is 2.22. The highest BCUT2D eigenvalue weighted by atomic mass is 79.9. The Morgan fingerprint density at radius 2 is 1.70 bits per heavy atom. The minimum atomic E-state index is -0.981. The first-order valence-electron chi connectivity index (χ1n) is 6.97. The molecular formula is C17H14BrN3O2. The molecule has 0 amide bonds. The molecule has 0 aliphatic heterocycles. The van der Waals surface area contributed by atoms with Crippen molar-refractivity contribution in [2.75, 3.05) is 7.11 Å². The van der Waals surface area contributed by atoms with Crippen LogP contribution in [0.1, 0.15) is 17.4 Å². The molecule has 3 aromatic rings. The molecule has 6 heteroatoms. The molecular weight excluding hydrogens is 358 g/mol. The fraction of sp³-hybridized carbons (Fsp3) is 0.118. The Labute approximate surface area is 142 Å². The Balaban J connectivity index is 2.02. The lowest BCUT2D eigenvalue weighted by Gasteiger charge is -2.14. The van der Waals surface area contributed by atoms with Crippen LogP contribution in [0.4, 0.5) is 0 Å². The summed E-state index contributed by atoms with van der Waals surface area (Å²) in [5.74, 6) is 0.702. The van der Waals surface area contributed by atoms with Gasteiger partial charge in [-0.3, -0.25) is 0 Å². The summed E-state index contributed by atoms with van der Waals surface area (Å²) in [6.45, 7) is 0. The van der Waals surface area contributed by atoms with Crippen molar-refractivity contribution >= 4 is 15.9 Å². The van der Waals surface area contributed by atoms with Gasteiger partial charge in [0.1, 0.15) is 6.10 Å². The van der Waals surface area contributed by atoms with Crippen LogP contribution in [0.25, 0.3) is 11.4 Å². The zero-order chi connectivity index (χ0) is 16.2. The minimum Gasteiger partial charge on any atom is -0.480 e. The summed E-state index contributed by atoms with van der Waals surface area (Å²) in [7, 11) is 1.50. The molecule has 0 aliphatic rings. The van der Waals surface area contributed by atoms with E-state index in [2.05, 4.69) is 31.1 Å². The number of methoxy groups -OCH3 is 1. The van der Waals surface area contributed by atoms with Crippen molar-refractivity contribution in [3.8, 4) is 17.3 Å². The van der Waals surface area contributed by atoms with Gasteiger partial charge >= 0.3 is 0 Å². The average molecular weight is 372 g/mol. The van der Waals surface area contributed by atoms with E-state index < -0.39 is 6.10 Å². The molecule has 0 saturated heterocycles. The topological polar surface area (TPSA) is 68.1 Å². The van der Waals surface area contributed by atoms with Gasteiger partial charge < -0.3 is 9.84 Å². The van der Waals surface area contributed by atoms with Crippen molar-refractivity contribution in [3.63, 3.8) is 0 Å². The van der Waals surface area contributed by atoms with Crippen molar-refractivity contribution in [1.29, 1.82) is 0 Å². The van der Waals surface area contributed by atoms with Crippen LogP contribution in [0, 0.1) is 0 Å². The first kappa shape index (κ1) is 15.6. The lowest BCUT2D eigenvalue weighted by atomic mass is 10.1. The number of aliphatic hydroxyl groups excluding tert-OH is 1. The van der Waals surface area contributed by atoms with Gasteiger partial charge in [-0.15, -0.1) is 10.2 Å². The maximum absolute atomic E-state index is 10.6. The Morgan fingerprint density at radius 1 is 1.00 bits per heavy atom. The van der Waals surface area contributed by atoms with E-state index in [0.717, 1.165) is 10.0 Å². The third-order valence-corrected chi connectivity index (χ3v) is 4.09. The predicted octanol–water partition coefficient (Wildman–Crippen LogP) is 3.39. The number of nitrogens with zero attached hydrogens (tertiary/aromatic N) is 3. The number of aliphatic hydroxyl groups is 1. The van der Waals surface area contributed by atoms with E-state index in [0.29, 0.717) is 11.4 Å². The van der Waals surface area contributed by atoms with Gasteiger partial charge in [0.15, 0.2) is 11.5 Å². The van der Waals surface area contributed by atoms with Gasteiger partial charge in [0.2, 0.25) is 5.88 Å². The van der Waals surface area contributed by atoms with Gasteiger partial charge in [-0.25, -0.2) is 0 Å². The maximum atomic E-state index is 10.6. The number of ether oxygens (including phenoxy) is 1. The average Bonchev–Trinajstić information content (AvgIpc) is 2.62. The molecule has 0 radical (unpaired) electrons. The number of halogens is 1. The van der Waals surface area contributed by atoms with Crippen LogP contribution in [-0.4, -0.2) is 27.4 Å². The lowest BCUT2D eigenvalue weighted by Crippen LogP contribution is -2.09. The first-order valence-corrected chi connectivity index (χ1v) is 7.76. The quantitative estimate of drug-likeness (QED) is 0.761. The third-order valence-electron chi connectivity index (χ3n) is 3.36. The van der Waals surface area contributed by atoms with Crippen molar-refractivity contribution in [1.82, 2.24) is 15.2 Å². The molecule has 0 aliphatic carbocycles. The summed E-state index contributed by atoms with van der Waals surface area (Å²) in [5.41, 5.74) is 1.79. The second-order valence-electron chi connectivity index (χ2n) is 4.82. The summed E-state index contributed by atoms with van der Waals surface area (Å²) in [6, 6.07) is 16.9. The molecule has 0 saturated carbocycles. The van der Waals surface area contributed by atoms with E-state index in [-0.39, 0.29) is 11.6 Å². The Kier molecular flexibility index (Phi) is 4.64. The van der Waals surface area contributed by atoms with Crippen molar-refractivity contribution in [2.45, 2.75) is 6.10 Å². The molecule has 1 atom stereocenters. The van der Waals surface area contributed by atoms with E-state index in [1.54, 1.807) is 6.07 Å². The van der Waals surface area contributed by atoms with Gasteiger partial charge in [0, 0.05) is 15.6 Å².